The number of aryl methyl sites for hydroxylation is 1. The van der Waals surface area contributed by atoms with Crippen LogP contribution in [0.5, 0.6) is 0 Å². The second kappa shape index (κ2) is 11.3. The molecule has 1 aromatic heterocycles. The molecule has 1 fully saturated rings. The number of amides is 1. The normalized spacial score (nSPS) is 18.8. The number of benzene rings is 2. The number of rotatable bonds is 9. The first-order chi connectivity index (χ1) is 16.0. The van der Waals surface area contributed by atoms with Crippen molar-refractivity contribution < 1.29 is 13.9 Å². The first kappa shape index (κ1) is 23.2. The summed E-state index contributed by atoms with van der Waals surface area (Å²) in [7, 11) is 0. The predicted octanol–water partition coefficient (Wildman–Crippen LogP) is 4.59. The van der Waals surface area contributed by atoms with Gasteiger partial charge < -0.3 is 14.5 Å². The summed E-state index contributed by atoms with van der Waals surface area (Å²) in [5.74, 6) is 1.47. The molecular weight excluding hydrogens is 414 g/mol. The Kier molecular flexibility index (Phi) is 7.92. The molecule has 1 amide bonds. The third kappa shape index (κ3) is 7.01. The van der Waals surface area contributed by atoms with Crippen molar-refractivity contribution in [1.82, 2.24) is 15.2 Å². The third-order valence-electron chi connectivity index (χ3n) is 5.82. The first-order valence-corrected chi connectivity index (χ1v) is 11.8. The molecule has 0 radical (unpaired) electrons. The second-order valence-corrected chi connectivity index (χ2v) is 8.88. The van der Waals surface area contributed by atoms with Crippen molar-refractivity contribution in [2.75, 3.05) is 13.1 Å². The molecule has 2 atom stereocenters. The number of oxazole rings is 1. The highest BCUT2D eigenvalue weighted by atomic mass is 16.5. The van der Waals surface area contributed by atoms with Crippen LogP contribution in [0.1, 0.15) is 43.7 Å². The Morgan fingerprint density at radius 3 is 2.45 bits per heavy atom. The Morgan fingerprint density at radius 2 is 1.73 bits per heavy atom. The summed E-state index contributed by atoms with van der Waals surface area (Å²) in [5, 5.41) is 3.01. The highest BCUT2D eigenvalue weighted by Crippen LogP contribution is 2.20. The minimum Gasteiger partial charge on any atom is -0.441 e. The fourth-order valence-electron chi connectivity index (χ4n) is 4.29. The van der Waals surface area contributed by atoms with Crippen molar-refractivity contribution in [3.8, 4) is 11.3 Å². The van der Waals surface area contributed by atoms with E-state index in [0.717, 1.165) is 36.5 Å². The average Bonchev–Trinajstić information content (AvgIpc) is 3.27. The molecule has 2 aromatic carbocycles. The van der Waals surface area contributed by atoms with E-state index in [1.807, 2.05) is 30.3 Å². The Bertz CT molecular complexity index is 1010. The number of morpholine rings is 1. The van der Waals surface area contributed by atoms with Crippen LogP contribution in [0.15, 0.2) is 65.2 Å². The van der Waals surface area contributed by atoms with E-state index in [1.54, 1.807) is 6.20 Å². The smallest absolute Gasteiger partial charge is 0.220 e. The summed E-state index contributed by atoms with van der Waals surface area (Å²) >= 11 is 0. The van der Waals surface area contributed by atoms with Gasteiger partial charge in [-0.3, -0.25) is 9.69 Å². The van der Waals surface area contributed by atoms with Gasteiger partial charge in [-0.15, -0.1) is 0 Å². The van der Waals surface area contributed by atoms with Crippen LogP contribution in [0.4, 0.5) is 0 Å². The van der Waals surface area contributed by atoms with Crippen LogP contribution in [0, 0.1) is 0 Å². The van der Waals surface area contributed by atoms with Gasteiger partial charge in [0.25, 0.3) is 0 Å². The topological polar surface area (TPSA) is 67.6 Å². The number of nitrogens with one attached hydrogen (secondary N) is 1. The Morgan fingerprint density at radius 1 is 1.03 bits per heavy atom. The number of ether oxygens (including phenoxy) is 1. The Balaban J connectivity index is 1.16. The molecule has 6 heteroatoms. The zero-order valence-electron chi connectivity index (χ0n) is 19.5. The molecule has 0 unspecified atom stereocenters. The molecule has 174 valence electrons. The van der Waals surface area contributed by atoms with Crippen molar-refractivity contribution in [2.24, 2.45) is 0 Å². The summed E-state index contributed by atoms with van der Waals surface area (Å²) in [6.45, 7) is 7.65. The molecule has 1 saturated heterocycles. The molecule has 4 rings (SSSR count). The zero-order chi connectivity index (χ0) is 23.0. The lowest BCUT2D eigenvalue weighted by molar-refractivity contribution is -0.121. The minimum absolute atomic E-state index is 0.0465. The minimum atomic E-state index is 0.0465. The largest absolute Gasteiger partial charge is 0.441 e. The molecule has 1 aliphatic rings. The SMILES string of the molecule is C[C@@H]1CN(Cc2ccc(CNC(=O)CCCc3ncc(-c4ccccc4)o3)cc2)C[C@@H](C)O1. The predicted molar refractivity (Wildman–Crippen MR) is 128 cm³/mol. The number of aromatic nitrogens is 1. The maximum absolute atomic E-state index is 12.2. The summed E-state index contributed by atoms with van der Waals surface area (Å²) in [6.07, 6.45) is 4.10. The quantitative estimate of drug-likeness (QED) is 0.520. The van der Waals surface area contributed by atoms with Crippen LogP contribution in [-0.2, 0) is 29.0 Å². The van der Waals surface area contributed by atoms with E-state index in [-0.39, 0.29) is 18.1 Å². The molecule has 1 aliphatic heterocycles. The molecule has 2 heterocycles. The molecule has 0 bridgehead atoms. The van der Waals surface area contributed by atoms with Crippen molar-refractivity contribution >= 4 is 5.91 Å². The van der Waals surface area contributed by atoms with Crippen molar-refractivity contribution in [3.63, 3.8) is 0 Å². The van der Waals surface area contributed by atoms with Crippen LogP contribution in [0.3, 0.4) is 0 Å². The second-order valence-electron chi connectivity index (χ2n) is 8.88. The number of carbonyl (C=O) groups is 1. The highest BCUT2D eigenvalue weighted by Gasteiger charge is 2.21. The lowest BCUT2D eigenvalue weighted by atomic mass is 10.1. The maximum Gasteiger partial charge on any atom is 0.220 e. The summed E-state index contributed by atoms with van der Waals surface area (Å²) < 4.78 is 11.6. The summed E-state index contributed by atoms with van der Waals surface area (Å²) in [5.41, 5.74) is 3.40. The van der Waals surface area contributed by atoms with Gasteiger partial charge in [-0.1, -0.05) is 54.6 Å². The average molecular weight is 448 g/mol. The Hall–Kier alpha value is -2.96. The van der Waals surface area contributed by atoms with Gasteiger partial charge in [0, 0.05) is 44.6 Å². The lowest BCUT2D eigenvalue weighted by Crippen LogP contribution is -2.44. The molecule has 1 N–H and O–H groups in total. The fourth-order valence-corrected chi connectivity index (χ4v) is 4.29. The van der Waals surface area contributed by atoms with Gasteiger partial charge >= 0.3 is 0 Å². The standard InChI is InChI=1S/C27H33N3O3/c1-20-17-30(18-21(2)32-20)19-23-13-11-22(12-14-23)15-28-26(31)9-6-10-27-29-16-25(33-27)24-7-4-3-5-8-24/h3-5,7-8,11-14,16,20-21H,6,9-10,15,17-19H2,1-2H3,(H,28,31)/t20-,21-/m1/s1. The summed E-state index contributed by atoms with van der Waals surface area (Å²) in [4.78, 5) is 19.0. The fraction of sp³-hybridized carbons (Fsp3) is 0.407. The molecule has 3 aromatic rings. The lowest BCUT2D eigenvalue weighted by Gasteiger charge is -2.35. The first-order valence-electron chi connectivity index (χ1n) is 11.8. The van der Waals surface area contributed by atoms with Crippen LogP contribution in [0.25, 0.3) is 11.3 Å². The highest BCUT2D eigenvalue weighted by molar-refractivity contribution is 5.75. The van der Waals surface area contributed by atoms with E-state index in [0.29, 0.717) is 31.7 Å². The van der Waals surface area contributed by atoms with Crippen molar-refractivity contribution in [1.29, 1.82) is 0 Å². The number of hydrogen-bond donors (Lipinski definition) is 1. The van der Waals surface area contributed by atoms with E-state index in [9.17, 15) is 4.79 Å². The zero-order valence-corrected chi connectivity index (χ0v) is 19.5. The third-order valence-corrected chi connectivity index (χ3v) is 5.82. The van der Waals surface area contributed by atoms with Crippen LogP contribution < -0.4 is 5.32 Å². The van der Waals surface area contributed by atoms with Gasteiger partial charge in [0.05, 0.1) is 18.4 Å². The Labute approximate surface area is 196 Å². The van der Waals surface area contributed by atoms with Crippen molar-refractivity contribution in [3.05, 3.63) is 77.8 Å². The van der Waals surface area contributed by atoms with Crippen molar-refractivity contribution in [2.45, 2.75) is 58.4 Å². The molecule has 0 spiro atoms. The molecule has 0 saturated carbocycles. The van der Waals surface area contributed by atoms with E-state index in [4.69, 9.17) is 9.15 Å². The molecule has 33 heavy (non-hydrogen) atoms. The van der Waals surface area contributed by atoms with E-state index < -0.39 is 0 Å². The van der Waals surface area contributed by atoms with E-state index in [1.165, 1.54) is 5.56 Å². The van der Waals surface area contributed by atoms with Crippen LogP contribution in [-0.4, -0.2) is 41.1 Å². The molecular formula is C27H33N3O3. The van der Waals surface area contributed by atoms with Crippen LogP contribution >= 0.6 is 0 Å². The monoisotopic (exact) mass is 447 g/mol. The van der Waals surface area contributed by atoms with Gasteiger partial charge in [0.2, 0.25) is 5.91 Å². The van der Waals surface area contributed by atoms with Gasteiger partial charge in [-0.25, -0.2) is 4.98 Å². The van der Waals surface area contributed by atoms with Gasteiger partial charge in [0.15, 0.2) is 11.7 Å². The van der Waals surface area contributed by atoms with E-state index >= 15 is 0 Å². The maximum atomic E-state index is 12.2. The molecule has 0 aliphatic carbocycles. The number of nitrogens with zero attached hydrogens (tertiary/aromatic N) is 2. The van der Waals surface area contributed by atoms with Crippen LogP contribution in [0.2, 0.25) is 0 Å². The van der Waals surface area contributed by atoms with Gasteiger partial charge in [0.1, 0.15) is 0 Å². The number of hydrogen-bond acceptors (Lipinski definition) is 5. The number of carbonyl (C=O) groups excluding carboxylic acids is 1. The van der Waals surface area contributed by atoms with Gasteiger partial charge in [-0.05, 0) is 31.4 Å². The molecule has 6 nitrogen and oxygen atoms in total. The van der Waals surface area contributed by atoms with E-state index in [2.05, 4.69) is 53.3 Å². The van der Waals surface area contributed by atoms with Gasteiger partial charge in [-0.2, -0.15) is 0 Å². The summed E-state index contributed by atoms with van der Waals surface area (Å²) in [6, 6.07) is 18.4.